The Bertz CT molecular complexity index is 1430. The molecule has 2 N–H and O–H groups in total. The van der Waals surface area contributed by atoms with Crippen LogP contribution in [0.5, 0.6) is 5.75 Å². The van der Waals surface area contributed by atoms with Crippen LogP contribution >= 0.6 is 0 Å². The number of nitrogens with zero attached hydrogens (tertiary/aromatic N) is 3. The van der Waals surface area contributed by atoms with Crippen LogP contribution in [0.15, 0.2) is 67.4 Å². The van der Waals surface area contributed by atoms with Gasteiger partial charge in [0.1, 0.15) is 11.4 Å². The second kappa shape index (κ2) is 10.5. The molecule has 0 unspecified atom stereocenters. The number of rotatable bonds is 7. The van der Waals surface area contributed by atoms with Crippen molar-refractivity contribution >= 4 is 28.3 Å². The highest BCUT2D eigenvalue weighted by Gasteiger charge is 2.21. The molecule has 190 valence electrons. The van der Waals surface area contributed by atoms with E-state index < -0.39 is 0 Å². The molecule has 0 saturated carbocycles. The number of aromatic nitrogens is 2. The van der Waals surface area contributed by atoms with Crippen LogP contribution in [0.25, 0.3) is 33.4 Å². The third-order valence-corrected chi connectivity index (χ3v) is 6.95. The van der Waals surface area contributed by atoms with Gasteiger partial charge in [-0.2, -0.15) is 0 Å². The van der Waals surface area contributed by atoms with Crippen LogP contribution in [-0.4, -0.2) is 60.6 Å². The maximum Gasteiger partial charge on any atom is 0.247 e. The van der Waals surface area contributed by atoms with Gasteiger partial charge in [0.25, 0.3) is 0 Å². The summed E-state index contributed by atoms with van der Waals surface area (Å²) in [5, 5.41) is 3.86. The smallest absolute Gasteiger partial charge is 0.247 e. The number of anilines is 2. The molecule has 1 saturated heterocycles. The van der Waals surface area contributed by atoms with E-state index in [1.54, 1.807) is 6.20 Å². The fraction of sp³-hybridized carbons (Fsp3) is 0.267. The monoisotopic (exact) mass is 495 g/mol. The number of aromatic amines is 1. The highest BCUT2D eigenvalue weighted by Crippen LogP contribution is 2.43. The Balaban J connectivity index is 1.63. The third-order valence-electron chi connectivity index (χ3n) is 6.95. The molecule has 4 aromatic rings. The Hall–Kier alpha value is -4.10. The Labute approximate surface area is 217 Å². The maximum absolute atomic E-state index is 12.1. The van der Waals surface area contributed by atoms with Gasteiger partial charge in [-0.05, 0) is 67.9 Å². The van der Waals surface area contributed by atoms with E-state index in [-0.39, 0.29) is 5.91 Å². The van der Waals surface area contributed by atoms with E-state index in [0.29, 0.717) is 6.61 Å². The van der Waals surface area contributed by atoms with E-state index in [0.717, 1.165) is 76.6 Å². The van der Waals surface area contributed by atoms with E-state index >= 15 is 0 Å². The van der Waals surface area contributed by atoms with Gasteiger partial charge in [0.15, 0.2) is 0 Å². The number of likely N-dealkylation sites (N-methyl/N-ethyl adjacent to an activating group) is 1. The second-order valence-electron chi connectivity index (χ2n) is 9.40. The summed E-state index contributed by atoms with van der Waals surface area (Å²) in [6.45, 7) is 12.3. The summed E-state index contributed by atoms with van der Waals surface area (Å²) in [4.78, 5) is 25.0. The van der Waals surface area contributed by atoms with E-state index in [4.69, 9.17) is 4.74 Å². The van der Waals surface area contributed by atoms with Crippen LogP contribution in [0.2, 0.25) is 0 Å². The third kappa shape index (κ3) is 4.95. The molecule has 0 bridgehead atoms. The Kier molecular flexibility index (Phi) is 6.97. The molecule has 5 rings (SSSR count). The first-order valence-corrected chi connectivity index (χ1v) is 12.7. The lowest BCUT2D eigenvalue weighted by Crippen LogP contribution is -2.44. The number of aryl methyl sites for hydroxylation is 1. The first kappa shape index (κ1) is 24.6. The Morgan fingerprint density at radius 3 is 2.54 bits per heavy atom. The van der Waals surface area contributed by atoms with E-state index in [9.17, 15) is 4.79 Å². The number of hydrogen-bond acceptors (Lipinski definition) is 5. The summed E-state index contributed by atoms with van der Waals surface area (Å²) < 4.78 is 6.02. The minimum absolute atomic E-state index is 0.240. The van der Waals surface area contributed by atoms with Crippen molar-refractivity contribution in [2.24, 2.45) is 0 Å². The number of amides is 1. The molecule has 1 aliphatic rings. The minimum atomic E-state index is -0.240. The highest BCUT2D eigenvalue weighted by molar-refractivity contribution is 6.07. The van der Waals surface area contributed by atoms with Gasteiger partial charge < -0.3 is 24.8 Å². The van der Waals surface area contributed by atoms with Crippen LogP contribution in [0.4, 0.5) is 11.4 Å². The molecule has 3 heterocycles. The lowest BCUT2D eigenvalue weighted by atomic mass is 9.96. The SMILES string of the molecule is C=CC(=O)Nc1cc(-c2c(-c3ccc(N4CCN(C)CC4)cc3)[nH]c3nccc(OCC)c23)ccc1C. The molecule has 0 spiro atoms. The van der Waals surface area contributed by atoms with Crippen molar-refractivity contribution in [2.75, 3.05) is 50.1 Å². The van der Waals surface area contributed by atoms with Gasteiger partial charge in [-0.15, -0.1) is 0 Å². The van der Waals surface area contributed by atoms with Crippen molar-refractivity contribution in [2.45, 2.75) is 13.8 Å². The summed E-state index contributed by atoms with van der Waals surface area (Å²) in [6, 6.07) is 16.7. The van der Waals surface area contributed by atoms with Gasteiger partial charge in [0.2, 0.25) is 5.91 Å². The van der Waals surface area contributed by atoms with Crippen molar-refractivity contribution in [3.8, 4) is 28.1 Å². The standard InChI is InChI=1S/C30H33N5O2/c1-5-26(36)32-24-19-22(8-7-20(24)3)27-28-25(37-6-2)13-14-31-30(28)33-29(27)21-9-11-23(12-10-21)35-17-15-34(4)16-18-35/h5,7-14,19H,1,6,15-18H2,2-4H3,(H,31,33)(H,32,36). The van der Waals surface area contributed by atoms with Gasteiger partial charge in [-0.1, -0.05) is 30.8 Å². The highest BCUT2D eigenvalue weighted by atomic mass is 16.5. The van der Waals surface area contributed by atoms with Gasteiger partial charge in [0.05, 0.1) is 17.7 Å². The fourth-order valence-corrected chi connectivity index (χ4v) is 4.87. The predicted octanol–water partition coefficient (Wildman–Crippen LogP) is 5.48. The minimum Gasteiger partial charge on any atom is -0.493 e. The quantitative estimate of drug-likeness (QED) is 0.332. The summed E-state index contributed by atoms with van der Waals surface area (Å²) in [5.74, 6) is 0.534. The van der Waals surface area contributed by atoms with Crippen molar-refractivity contribution < 1.29 is 9.53 Å². The summed E-state index contributed by atoms with van der Waals surface area (Å²) in [7, 11) is 2.17. The molecule has 37 heavy (non-hydrogen) atoms. The number of nitrogens with one attached hydrogen (secondary N) is 2. The number of hydrogen-bond donors (Lipinski definition) is 2. The number of fused-ring (bicyclic) bond motifs is 1. The average Bonchev–Trinajstić information content (AvgIpc) is 3.31. The normalized spacial score (nSPS) is 14.1. The van der Waals surface area contributed by atoms with Gasteiger partial charge in [-0.25, -0.2) is 4.98 Å². The summed E-state index contributed by atoms with van der Waals surface area (Å²) in [6.07, 6.45) is 3.04. The van der Waals surface area contributed by atoms with Crippen molar-refractivity contribution in [1.29, 1.82) is 0 Å². The number of piperazine rings is 1. The Morgan fingerprint density at radius 1 is 1.11 bits per heavy atom. The predicted molar refractivity (Wildman–Crippen MR) is 151 cm³/mol. The molecule has 1 fully saturated rings. The Morgan fingerprint density at radius 2 is 1.84 bits per heavy atom. The lowest BCUT2D eigenvalue weighted by molar-refractivity contribution is -0.111. The number of H-pyrrole nitrogens is 1. The molecule has 0 atom stereocenters. The second-order valence-corrected chi connectivity index (χ2v) is 9.40. The van der Waals surface area contributed by atoms with Gasteiger partial charge in [-0.3, -0.25) is 4.79 Å². The number of ether oxygens (including phenoxy) is 1. The van der Waals surface area contributed by atoms with Crippen LogP contribution in [0, 0.1) is 6.92 Å². The van der Waals surface area contributed by atoms with Gasteiger partial charge in [0, 0.05) is 49.3 Å². The molecule has 1 aliphatic heterocycles. The first-order valence-electron chi connectivity index (χ1n) is 12.7. The topological polar surface area (TPSA) is 73.5 Å². The fourth-order valence-electron chi connectivity index (χ4n) is 4.87. The van der Waals surface area contributed by atoms with Crippen LogP contribution in [-0.2, 0) is 4.79 Å². The molecule has 2 aromatic carbocycles. The molecular weight excluding hydrogens is 462 g/mol. The number of pyridine rings is 1. The average molecular weight is 496 g/mol. The molecule has 1 amide bonds. The number of carbonyl (C=O) groups excluding carboxylic acids is 1. The van der Waals surface area contributed by atoms with Crippen molar-refractivity contribution in [3.63, 3.8) is 0 Å². The molecule has 7 heteroatoms. The first-order chi connectivity index (χ1) is 18.0. The van der Waals surface area contributed by atoms with E-state index in [2.05, 4.69) is 69.0 Å². The zero-order valence-corrected chi connectivity index (χ0v) is 21.7. The van der Waals surface area contributed by atoms with Crippen molar-refractivity contribution in [3.05, 3.63) is 72.9 Å². The molecule has 0 radical (unpaired) electrons. The van der Waals surface area contributed by atoms with E-state index in [1.807, 2.05) is 32.0 Å². The van der Waals surface area contributed by atoms with Gasteiger partial charge >= 0.3 is 0 Å². The summed E-state index contributed by atoms with van der Waals surface area (Å²) >= 11 is 0. The summed E-state index contributed by atoms with van der Waals surface area (Å²) in [5.41, 5.74) is 7.69. The zero-order chi connectivity index (χ0) is 25.9. The van der Waals surface area contributed by atoms with Crippen molar-refractivity contribution in [1.82, 2.24) is 14.9 Å². The zero-order valence-electron chi connectivity index (χ0n) is 21.7. The molecule has 2 aromatic heterocycles. The maximum atomic E-state index is 12.1. The number of carbonyl (C=O) groups is 1. The van der Waals surface area contributed by atoms with Crippen LogP contribution < -0.4 is 15.0 Å². The van der Waals surface area contributed by atoms with E-state index in [1.165, 1.54) is 11.8 Å². The van der Waals surface area contributed by atoms with Crippen LogP contribution in [0.3, 0.4) is 0 Å². The molecule has 7 nitrogen and oxygen atoms in total. The largest absolute Gasteiger partial charge is 0.493 e. The number of benzene rings is 2. The van der Waals surface area contributed by atoms with Crippen LogP contribution in [0.1, 0.15) is 12.5 Å². The molecule has 0 aliphatic carbocycles. The lowest BCUT2D eigenvalue weighted by Gasteiger charge is -2.34. The molecular formula is C30H33N5O2.